The van der Waals surface area contributed by atoms with Crippen molar-refractivity contribution in [1.82, 2.24) is 14.9 Å². The molecule has 1 aromatic heterocycles. The molecular formula is C14H17BrFN3. The molecule has 0 atom stereocenters. The van der Waals surface area contributed by atoms with Crippen molar-refractivity contribution in [3.8, 4) is 5.69 Å². The number of hydrogen-bond donors (Lipinski definition) is 1. The molecule has 0 bridgehead atoms. The van der Waals surface area contributed by atoms with Crippen LogP contribution in [0.15, 0.2) is 35.2 Å². The second-order valence-corrected chi connectivity index (χ2v) is 6.31. The molecule has 0 spiro atoms. The number of hydrogen-bond acceptors (Lipinski definition) is 2. The molecule has 1 aromatic carbocycles. The lowest BCUT2D eigenvalue weighted by Gasteiger charge is -2.21. The quantitative estimate of drug-likeness (QED) is 0.933. The summed E-state index contributed by atoms with van der Waals surface area (Å²) in [6.07, 6.45) is 3.48. The van der Waals surface area contributed by atoms with Gasteiger partial charge in [0.15, 0.2) is 0 Å². The lowest BCUT2D eigenvalue weighted by atomic mass is 10.1. The number of nitrogens with zero attached hydrogens (tertiary/aromatic N) is 2. The van der Waals surface area contributed by atoms with Crippen molar-refractivity contribution in [2.75, 3.05) is 0 Å². The molecule has 1 heterocycles. The SMILES string of the molecule is CC(C)(C)NCc1cncn1-c1cc(F)ccc1Br. The van der Waals surface area contributed by atoms with Crippen molar-refractivity contribution < 1.29 is 4.39 Å². The topological polar surface area (TPSA) is 29.9 Å². The number of nitrogens with one attached hydrogen (secondary N) is 1. The molecule has 102 valence electrons. The number of imidazole rings is 1. The van der Waals surface area contributed by atoms with Gasteiger partial charge in [0.1, 0.15) is 5.82 Å². The molecule has 3 nitrogen and oxygen atoms in total. The van der Waals surface area contributed by atoms with E-state index >= 15 is 0 Å². The van der Waals surface area contributed by atoms with E-state index in [4.69, 9.17) is 0 Å². The minimum absolute atomic E-state index is 0.0221. The average molecular weight is 326 g/mol. The molecule has 0 saturated heterocycles. The highest BCUT2D eigenvalue weighted by Gasteiger charge is 2.12. The average Bonchev–Trinajstić information content (AvgIpc) is 2.77. The monoisotopic (exact) mass is 325 g/mol. The van der Waals surface area contributed by atoms with E-state index in [1.54, 1.807) is 18.6 Å². The van der Waals surface area contributed by atoms with E-state index in [0.717, 1.165) is 15.9 Å². The Balaban J connectivity index is 2.31. The first-order valence-corrected chi connectivity index (χ1v) is 6.88. The Labute approximate surface area is 121 Å². The van der Waals surface area contributed by atoms with Crippen LogP contribution >= 0.6 is 15.9 Å². The highest BCUT2D eigenvalue weighted by Crippen LogP contribution is 2.23. The summed E-state index contributed by atoms with van der Waals surface area (Å²) in [7, 11) is 0. The molecular weight excluding hydrogens is 309 g/mol. The van der Waals surface area contributed by atoms with Crippen LogP contribution in [0.2, 0.25) is 0 Å². The van der Waals surface area contributed by atoms with Gasteiger partial charge in [0.25, 0.3) is 0 Å². The zero-order valence-corrected chi connectivity index (χ0v) is 12.8. The molecule has 0 aliphatic carbocycles. The van der Waals surface area contributed by atoms with Gasteiger partial charge in [0.05, 0.1) is 17.7 Å². The first-order chi connectivity index (χ1) is 8.87. The summed E-state index contributed by atoms with van der Waals surface area (Å²) in [6, 6.07) is 4.62. The standard InChI is InChI=1S/C14H17BrFN3/c1-14(2,3)18-8-11-7-17-9-19(11)13-6-10(16)4-5-12(13)15/h4-7,9,18H,8H2,1-3H3. The molecule has 0 unspecified atom stereocenters. The second-order valence-electron chi connectivity index (χ2n) is 5.45. The van der Waals surface area contributed by atoms with E-state index in [9.17, 15) is 4.39 Å². The minimum Gasteiger partial charge on any atom is -0.306 e. The van der Waals surface area contributed by atoms with Crippen molar-refractivity contribution in [3.63, 3.8) is 0 Å². The Morgan fingerprint density at radius 2 is 2.11 bits per heavy atom. The van der Waals surface area contributed by atoms with Gasteiger partial charge in [-0.3, -0.25) is 0 Å². The fraction of sp³-hybridized carbons (Fsp3) is 0.357. The molecule has 5 heteroatoms. The maximum Gasteiger partial charge on any atom is 0.125 e. The highest BCUT2D eigenvalue weighted by molar-refractivity contribution is 9.10. The Morgan fingerprint density at radius 3 is 2.79 bits per heavy atom. The van der Waals surface area contributed by atoms with E-state index in [1.165, 1.54) is 12.1 Å². The van der Waals surface area contributed by atoms with Crippen molar-refractivity contribution in [2.45, 2.75) is 32.9 Å². The first kappa shape index (κ1) is 14.2. The second kappa shape index (κ2) is 5.43. The van der Waals surface area contributed by atoms with Crippen LogP contribution in [0.1, 0.15) is 26.5 Å². The molecule has 0 amide bonds. The van der Waals surface area contributed by atoms with E-state index in [1.807, 2.05) is 4.57 Å². The lowest BCUT2D eigenvalue weighted by molar-refractivity contribution is 0.419. The van der Waals surface area contributed by atoms with Gasteiger partial charge >= 0.3 is 0 Å². The predicted molar refractivity (Wildman–Crippen MR) is 77.8 cm³/mol. The van der Waals surface area contributed by atoms with Gasteiger partial charge in [-0.1, -0.05) is 0 Å². The van der Waals surface area contributed by atoms with E-state index in [2.05, 4.69) is 47.0 Å². The fourth-order valence-electron chi connectivity index (χ4n) is 1.70. The van der Waals surface area contributed by atoms with Gasteiger partial charge in [0.2, 0.25) is 0 Å². The number of benzene rings is 1. The molecule has 1 N–H and O–H groups in total. The molecule has 0 aliphatic heterocycles. The molecule has 0 fully saturated rings. The normalized spacial score (nSPS) is 11.8. The van der Waals surface area contributed by atoms with Crippen molar-refractivity contribution in [1.29, 1.82) is 0 Å². The third-order valence-corrected chi connectivity index (χ3v) is 3.35. The van der Waals surface area contributed by atoms with E-state index in [-0.39, 0.29) is 11.4 Å². The molecule has 0 aliphatic rings. The summed E-state index contributed by atoms with van der Waals surface area (Å²) < 4.78 is 16.1. The zero-order chi connectivity index (χ0) is 14.0. The highest BCUT2D eigenvalue weighted by atomic mass is 79.9. The molecule has 2 rings (SSSR count). The Morgan fingerprint density at radius 1 is 1.37 bits per heavy atom. The predicted octanol–water partition coefficient (Wildman–Crippen LogP) is 3.66. The summed E-state index contributed by atoms with van der Waals surface area (Å²) in [5, 5.41) is 3.40. The summed E-state index contributed by atoms with van der Waals surface area (Å²) in [5.41, 5.74) is 1.76. The summed E-state index contributed by atoms with van der Waals surface area (Å²) in [6.45, 7) is 6.98. The van der Waals surface area contributed by atoms with Crippen LogP contribution in [-0.4, -0.2) is 15.1 Å². The smallest absolute Gasteiger partial charge is 0.125 e. The van der Waals surface area contributed by atoms with Crippen LogP contribution < -0.4 is 5.32 Å². The van der Waals surface area contributed by atoms with Gasteiger partial charge < -0.3 is 9.88 Å². The molecule has 0 saturated carbocycles. The van der Waals surface area contributed by atoms with Crippen LogP contribution in [0.3, 0.4) is 0 Å². The van der Waals surface area contributed by atoms with Crippen molar-refractivity contribution in [3.05, 3.63) is 46.7 Å². The van der Waals surface area contributed by atoms with Crippen LogP contribution in [0.5, 0.6) is 0 Å². The van der Waals surface area contributed by atoms with Gasteiger partial charge in [-0.05, 0) is 54.9 Å². The van der Waals surface area contributed by atoms with Crippen LogP contribution in [0.4, 0.5) is 4.39 Å². The van der Waals surface area contributed by atoms with Gasteiger partial charge in [-0.2, -0.15) is 0 Å². The van der Waals surface area contributed by atoms with E-state index < -0.39 is 0 Å². The third kappa shape index (κ3) is 3.64. The molecule has 19 heavy (non-hydrogen) atoms. The van der Waals surface area contributed by atoms with Crippen molar-refractivity contribution in [2.24, 2.45) is 0 Å². The van der Waals surface area contributed by atoms with Crippen LogP contribution in [0.25, 0.3) is 5.69 Å². The van der Waals surface area contributed by atoms with Crippen LogP contribution in [-0.2, 0) is 6.54 Å². The minimum atomic E-state index is -0.262. The summed E-state index contributed by atoms with van der Waals surface area (Å²) in [4.78, 5) is 4.15. The number of halogens is 2. The largest absolute Gasteiger partial charge is 0.306 e. The fourth-order valence-corrected chi connectivity index (χ4v) is 2.13. The van der Waals surface area contributed by atoms with Crippen LogP contribution in [0, 0.1) is 5.82 Å². The number of rotatable bonds is 3. The Kier molecular flexibility index (Phi) is 4.06. The Bertz CT molecular complexity index is 572. The van der Waals surface area contributed by atoms with Crippen molar-refractivity contribution >= 4 is 15.9 Å². The summed E-state index contributed by atoms with van der Waals surface area (Å²) in [5.74, 6) is -0.262. The maximum atomic E-state index is 13.4. The molecule has 2 aromatic rings. The maximum absolute atomic E-state index is 13.4. The zero-order valence-electron chi connectivity index (χ0n) is 11.2. The number of aromatic nitrogens is 2. The first-order valence-electron chi connectivity index (χ1n) is 6.08. The Hall–Kier alpha value is -1.20. The van der Waals surface area contributed by atoms with Gasteiger partial charge in [0, 0.05) is 22.8 Å². The third-order valence-electron chi connectivity index (χ3n) is 2.68. The summed E-state index contributed by atoms with van der Waals surface area (Å²) >= 11 is 3.44. The molecule has 0 radical (unpaired) electrons. The van der Waals surface area contributed by atoms with Gasteiger partial charge in [-0.15, -0.1) is 0 Å². The van der Waals surface area contributed by atoms with E-state index in [0.29, 0.717) is 6.54 Å². The lowest BCUT2D eigenvalue weighted by Crippen LogP contribution is -2.35. The van der Waals surface area contributed by atoms with Gasteiger partial charge in [-0.25, -0.2) is 9.37 Å².